The van der Waals surface area contributed by atoms with Crippen LogP contribution < -0.4 is 11.2 Å². The Labute approximate surface area is 107 Å². The first kappa shape index (κ1) is 12.8. The van der Waals surface area contributed by atoms with Crippen molar-refractivity contribution in [3.63, 3.8) is 0 Å². The summed E-state index contributed by atoms with van der Waals surface area (Å²) in [7, 11) is 0. The highest BCUT2D eigenvalue weighted by Crippen LogP contribution is 2.20. The summed E-state index contributed by atoms with van der Waals surface area (Å²) in [6.45, 7) is 4.27. The molecule has 2 unspecified atom stereocenters. The minimum atomic E-state index is -0.122. The van der Waals surface area contributed by atoms with Gasteiger partial charge in [-0.15, -0.1) is 0 Å². The number of nitrogen functional groups attached to an aromatic ring is 1. The standard InChI is InChI=1S/C13H20N4O/c1-9-4-3-5-10(2)17(9)16-13(18)11-6-7-12(14)15-8-11/h6-10H,3-5H2,1-2H3,(H2,14,15)(H,16,18). The monoisotopic (exact) mass is 248 g/mol. The van der Waals surface area contributed by atoms with Crippen molar-refractivity contribution in [3.05, 3.63) is 23.9 Å². The van der Waals surface area contributed by atoms with Gasteiger partial charge in [-0.2, -0.15) is 0 Å². The number of carbonyl (C=O) groups excluding carboxylic acids is 1. The van der Waals surface area contributed by atoms with E-state index < -0.39 is 0 Å². The molecule has 1 saturated heterocycles. The van der Waals surface area contributed by atoms with Gasteiger partial charge in [0.1, 0.15) is 5.82 Å². The Morgan fingerprint density at radius 1 is 1.39 bits per heavy atom. The van der Waals surface area contributed by atoms with Gasteiger partial charge in [-0.1, -0.05) is 6.42 Å². The Kier molecular flexibility index (Phi) is 3.81. The summed E-state index contributed by atoms with van der Waals surface area (Å²) in [5.74, 6) is 0.300. The van der Waals surface area contributed by atoms with E-state index >= 15 is 0 Å². The summed E-state index contributed by atoms with van der Waals surface area (Å²) in [5, 5.41) is 2.04. The lowest BCUT2D eigenvalue weighted by Gasteiger charge is -2.38. The van der Waals surface area contributed by atoms with Crippen molar-refractivity contribution in [2.45, 2.75) is 45.2 Å². The van der Waals surface area contributed by atoms with E-state index in [2.05, 4.69) is 24.3 Å². The molecule has 1 aromatic heterocycles. The van der Waals surface area contributed by atoms with E-state index in [1.54, 1.807) is 12.1 Å². The van der Waals surface area contributed by atoms with Crippen molar-refractivity contribution < 1.29 is 4.79 Å². The number of aromatic nitrogens is 1. The second kappa shape index (κ2) is 5.35. The third-order valence-corrected chi connectivity index (χ3v) is 3.47. The lowest BCUT2D eigenvalue weighted by molar-refractivity contribution is 0.0369. The fraction of sp³-hybridized carbons (Fsp3) is 0.538. The van der Waals surface area contributed by atoms with Gasteiger partial charge in [0.2, 0.25) is 0 Å². The lowest BCUT2D eigenvalue weighted by atomic mass is 10.00. The first-order chi connectivity index (χ1) is 8.58. The van der Waals surface area contributed by atoms with Gasteiger partial charge in [0.15, 0.2) is 0 Å². The molecule has 0 radical (unpaired) electrons. The van der Waals surface area contributed by atoms with Crippen LogP contribution in [0.1, 0.15) is 43.5 Å². The maximum atomic E-state index is 12.1. The van der Waals surface area contributed by atoms with Crippen LogP contribution in [0, 0.1) is 0 Å². The van der Waals surface area contributed by atoms with Crippen molar-refractivity contribution in [1.29, 1.82) is 0 Å². The summed E-state index contributed by atoms with van der Waals surface area (Å²) in [4.78, 5) is 16.0. The number of piperidine rings is 1. The van der Waals surface area contributed by atoms with Crippen molar-refractivity contribution in [2.24, 2.45) is 0 Å². The Hall–Kier alpha value is -1.62. The molecule has 0 bridgehead atoms. The quantitative estimate of drug-likeness (QED) is 0.833. The molecule has 2 heterocycles. The van der Waals surface area contributed by atoms with Crippen molar-refractivity contribution >= 4 is 11.7 Å². The normalized spacial score (nSPS) is 24.8. The van der Waals surface area contributed by atoms with Gasteiger partial charge in [0, 0.05) is 18.3 Å². The summed E-state index contributed by atoms with van der Waals surface area (Å²) >= 11 is 0. The zero-order valence-corrected chi connectivity index (χ0v) is 10.9. The van der Waals surface area contributed by atoms with E-state index in [1.807, 2.05) is 5.01 Å². The van der Waals surface area contributed by atoms with Crippen molar-refractivity contribution in [1.82, 2.24) is 15.4 Å². The molecule has 1 aliphatic rings. The number of nitrogens with one attached hydrogen (secondary N) is 1. The zero-order chi connectivity index (χ0) is 13.1. The zero-order valence-electron chi connectivity index (χ0n) is 10.9. The number of anilines is 1. The van der Waals surface area contributed by atoms with Gasteiger partial charge in [-0.05, 0) is 38.8 Å². The minimum absolute atomic E-state index is 0.122. The van der Waals surface area contributed by atoms with Crippen molar-refractivity contribution in [3.8, 4) is 0 Å². The Morgan fingerprint density at radius 3 is 2.61 bits per heavy atom. The predicted octanol–water partition coefficient (Wildman–Crippen LogP) is 1.57. The summed E-state index contributed by atoms with van der Waals surface area (Å²) in [5.41, 5.74) is 9.01. The minimum Gasteiger partial charge on any atom is -0.384 e. The highest BCUT2D eigenvalue weighted by atomic mass is 16.2. The molecule has 1 aliphatic heterocycles. The second-order valence-corrected chi connectivity index (χ2v) is 4.95. The van der Waals surface area contributed by atoms with Crippen LogP contribution in [-0.2, 0) is 0 Å². The molecule has 0 aromatic carbocycles. The molecule has 1 fully saturated rings. The van der Waals surface area contributed by atoms with E-state index in [0.717, 1.165) is 12.8 Å². The van der Waals surface area contributed by atoms with Gasteiger partial charge < -0.3 is 5.73 Å². The van der Waals surface area contributed by atoms with Crippen LogP contribution in [0.4, 0.5) is 5.82 Å². The van der Waals surface area contributed by atoms with Gasteiger partial charge in [0.25, 0.3) is 5.91 Å². The average Bonchev–Trinajstić information content (AvgIpc) is 2.34. The number of nitrogens with two attached hydrogens (primary N) is 1. The Balaban J connectivity index is 2.04. The molecule has 5 heteroatoms. The molecule has 0 aliphatic carbocycles. The molecule has 2 rings (SSSR count). The largest absolute Gasteiger partial charge is 0.384 e. The molecule has 2 atom stereocenters. The van der Waals surface area contributed by atoms with Gasteiger partial charge in [0.05, 0.1) is 5.56 Å². The molecule has 5 nitrogen and oxygen atoms in total. The van der Waals surface area contributed by atoms with Crippen LogP contribution in [0.25, 0.3) is 0 Å². The second-order valence-electron chi connectivity index (χ2n) is 4.95. The Bertz CT molecular complexity index is 408. The van der Waals surface area contributed by atoms with Crippen LogP contribution in [-0.4, -0.2) is 28.0 Å². The highest BCUT2D eigenvalue weighted by molar-refractivity contribution is 5.93. The maximum Gasteiger partial charge on any atom is 0.267 e. The molecule has 3 N–H and O–H groups in total. The van der Waals surface area contributed by atoms with Crippen molar-refractivity contribution in [2.75, 3.05) is 5.73 Å². The first-order valence-corrected chi connectivity index (χ1v) is 6.39. The number of pyridine rings is 1. The fourth-order valence-electron chi connectivity index (χ4n) is 2.36. The molecule has 18 heavy (non-hydrogen) atoms. The van der Waals surface area contributed by atoms with Crippen LogP contribution in [0.15, 0.2) is 18.3 Å². The summed E-state index contributed by atoms with van der Waals surface area (Å²) in [6, 6.07) is 4.08. The third kappa shape index (κ3) is 2.79. The molecule has 1 amide bonds. The lowest BCUT2D eigenvalue weighted by Crippen LogP contribution is -2.54. The Morgan fingerprint density at radius 2 is 2.06 bits per heavy atom. The van der Waals surface area contributed by atoms with Crippen LogP contribution >= 0.6 is 0 Å². The van der Waals surface area contributed by atoms with E-state index in [-0.39, 0.29) is 5.91 Å². The molecule has 1 aromatic rings. The molecule has 0 saturated carbocycles. The molecule has 98 valence electrons. The van der Waals surface area contributed by atoms with Gasteiger partial charge in [-0.25, -0.2) is 9.99 Å². The van der Waals surface area contributed by atoms with E-state index in [4.69, 9.17) is 5.73 Å². The topological polar surface area (TPSA) is 71.2 Å². The van der Waals surface area contributed by atoms with Crippen LogP contribution in [0.5, 0.6) is 0 Å². The smallest absolute Gasteiger partial charge is 0.267 e. The van der Waals surface area contributed by atoms with Crippen LogP contribution in [0.2, 0.25) is 0 Å². The fourth-order valence-corrected chi connectivity index (χ4v) is 2.36. The van der Waals surface area contributed by atoms with E-state index in [1.165, 1.54) is 12.6 Å². The summed E-state index contributed by atoms with van der Waals surface area (Å²) < 4.78 is 0. The predicted molar refractivity (Wildman–Crippen MR) is 70.7 cm³/mol. The average molecular weight is 248 g/mol. The molecule has 0 spiro atoms. The highest BCUT2D eigenvalue weighted by Gasteiger charge is 2.26. The number of carbonyl (C=O) groups is 1. The van der Waals surface area contributed by atoms with Crippen LogP contribution in [0.3, 0.4) is 0 Å². The van der Waals surface area contributed by atoms with Gasteiger partial charge in [-0.3, -0.25) is 10.2 Å². The summed E-state index contributed by atoms with van der Waals surface area (Å²) in [6.07, 6.45) is 4.96. The number of amides is 1. The number of nitrogens with zero attached hydrogens (tertiary/aromatic N) is 2. The maximum absolute atomic E-state index is 12.1. The molecular formula is C13H20N4O. The third-order valence-electron chi connectivity index (χ3n) is 3.47. The number of hydrazine groups is 1. The van der Waals surface area contributed by atoms with Gasteiger partial charge >= 0.3 is 0 Å². The van der Waals surface area contributed by atoms with E-state index in [0.29, 0.717) is 23.5 Å². The molecular weight excluding hydrogens is 228 g/mol. The first-order valence-electron chi connectivity index (χ1n) is 6.39. The number of hydrogen-bond acceptors (Lipinski definition) is 4. The number of hydrogen-bond donors (Lipinski definition) is 2. The SMILES string of the molecule is CC1CCCC(C)N1NC(=O)c1ccc(N)nc1. The number of rotatable bonds is 2. The van der Waals surface area contributed by atoms with E-state index in [9.17, 15) is 4.79 Å².